The van der Waals surface area contributed by atoms with Gasteiger partial charge in [0.15, 0.2) is 0 Å². The third-order valence-corrected chi connectivity index (χ3v) is 3.05. The molecule has 0 amide bonds. The van der Waals surface area contributed by atoms with E-state index in [9.17, 15) is 5.11 Å². The maximum Gasteiger partial charge on any atom is 0.0840 e. The van der Waals surface area contributed by atoms with E-state index in [0.717, 1.165) is 11.5 Å². The first-order valence-corrected chi connectivity index (χ1v) is 5.31. The fourth-order valence-corrected chi connectivity index (χ4v) is 2.22. The van der Waals surface area contributed by atoms with Crippen LogP contribution in [0.1, 0.15) is 37.5 Å². The molecule has 0 aromatic heterocycles. The second-order valence-electron chi connectivity index (χ2n) is 5.06. The summed E-state index contributed by atoms with van der Waals surface area (Å²) in [6, 6.07) is 6.39. The van der Waals surface area contributed by atoms with Crippen LogP contribution in [0.2, 0.25) is 0 Å². The van der Waals surface area contributed by atoms with E-state index in [1.54, 1.807) is 0 Å². The first-order valence-electron chi connectivity index (χ1n) is 5.31. The van der Waals surface area contributed by atoms with Gasteiger partial charge in [0.1, 0.15) is 0 Å². The lowest BCUT2D eigenvalue weighted by Gasteiger charge is -2.18. The van der Waals surface area contributed by atoms with E-state index in [-0.39, 0.29) is 0 Å². The molecule has 0 radical (unpaired) electrons. The van der Waals surface area contributed by atoms with Gasteiger partial charge in [-0.1, -0.05) is 25.1 Å². The summed E-state index contributed by atoms with van der Waals surface area (Å²) in [6.45, 7) is 5.96. The Kier molecular flexibility index (Phi) is 2.15. The van der Waals surface area contributed by atoms with Crippen LogP contribution in [0, 0.1) is 5.92 Å². The van der Waals surface area contributed by atoms with Crippen LogP contribution in [-0.4, -0.2) is 5.11 Å². The highest BCUT2D eigenvalue weighted by Crippen LogP contribution is 2.30. The molecule has 14 heavy (non-hydrogen) atoms. The van der Waals surface area contributed by atoms with Gasteiger partial charge in [-0.15, -0.1) is 0 Å². The fourth-order valence-electron chi connectivity index (χ4n) is 2.22. The maximum atomic E-state index is 9.89. The zero-order valence-corrected chi connectivity index (χ0v) is 9.17. The molecule has 76 valence electrons. The summed E-state index contributed by atoms with van der Waals surface area (Å²) in [5, 5.41) is 9.89. The Balaban J connectivity index is 2.38. The number of aliphatic hydroxyl groups is 1. The molecule has 1 aromatic carbocycles. The minimum Gasteiger partial charge on any atom is -0.386 e. The molecule has 0 heterocycles. The van der Waals surface area contributed by atoms with E-state index < -0.39 is 5.60 Å². The molecule has 1 heteroatoms. The Morgan fingerprint density at radius 2 is 1.86 bits per heavy atom. The Morgan fingerprint density at radius 1 is 1.21 bits per heavy atom. The molecular formula is C13H18O. The average Bonchev–Trinajstić information content (AvgIpc) is 2.41. The van der Waals surface area contributed by atoms with Crippen LogP contribution in [0.3, 0.4) is 0 Å². The van der Waals surface area contributed by atoms with Crippen LogP contribution in [0.25, 0.3) is 0 Å². The van der Waals surface area contributed by atoms with Crippen molar-refractivity contribution in [1.82, 2.24) is 0 Å². The normalized spacial score (nSPS) is 21.0. The third-order valence-electron chi connectivity index (χ3n) is 3.05. The summed E-state index contributed by atoms with van der Waals surface area (Å²) in [5.41, 5.74) is 3.22. The zero-order chi connectivity index (χ0) is 10.3. The lowest BCUT2D eigenvalue weighted by Crippen LogP contribution is -2.15. The van der Waals surface area contributed by atoms with Gasteiger partial charge in [-0.05, 0) is 49.3 Å². The summed E-state index contributed by atoms with van der Waals surface area (Å²) < 4.78 is 0. The molecule has 1 aliphatic rings. The van der Waals surface area contributed by atoms with Gasteiger partial charge in [-0.25, -0.2) is 0 Å². The predicted octanol–water partition coefficient (Wildman–Crippen LogP) is 2.65. The lowest BCUT2D eigenvalue weighted by atomic mass is 9.95. The highest BCUT2D eigenvalue weighted by Gasteiger charge is 2.21. The second-order valence-corrected chi connectivity index (χ2v) is 5.06. The molecule has 0 aliphatic heterocycles. The molecule has 1 unspecified atom stereocenters. The Bertz CT molecular complexity index is 347. The quantitative estimate of drug-likeness (QED) is 0.721. The SMILES string of the molecule is CC1Cc2ccc(C(C)(C)O)cc2C1. The van der Waals surface area contributed by atoms with E-state index in [1.165, 1.54) is 24.0 Å². The van der Waals surface area contributed by atoms with Crippen LogP contribution in [-0.2, 0) is 18.4 Å². The number of hydrogen-bond donors (Lipinski definition) is 1. The van der Waals surface area contributed by atoms with Gasteiger partial charge in [-0.2, -0.15) is 0 Å². The van der Waals surface area contributed by atoms with Crippen LogP contribution in [0.4, 0.5) is 0 Å². The van der Waals surface area contributed by atoms with E-state index >= 15 is 0 Å². The topological polar surface area (TPSA) is 20.2 Å². The lowest BCUT2D eigenvalue weighted by molar-refractivity contribution is 0.0785. The first kappa shape index (κ1) is 9.72. The van der Waals surface area contributed by atoms with E-state index in [2.05, 4.69) is 25.1 Å². The van der Waals surface area contributed by atoms with Gasteiger partial charge < -0.3 is 5.11 Å². The number of fused-ring (bicyclic) bond motifs is 1. The van der Waals surface area contributed by atoms with Crippen molar-refractivity contribution in [3.8, 4) is 0 Å². The standard InChI is InChI=1S/C13H18O/c1-9-6-10-4-5-12(13(2,3)14)8-11(10)7-9/h4-5,8-9,14H,6-7H2,1-3H3. The molecule has 0 fully saturated rings. The first-order chi connectivity index (χ1) is 6.47. The highest BCUT2D eigenvalue weighted by molar-refractivity contribution is 5.37. The summed E-state index contributed by atoms with van der Waals surface area (Å²) in [7, 11) is 0. The van der Waals surface area contributed by atoms with Crippen LogP contribution < -0.4 is 0 Å². The van der Waals surface area contributed by atoms with Crippen molar-refractivity contribution < 1.29 is 5.11 Å². The average molecular weight is 190 g/mol. The van der Waals surface area contributed by atoms with Crippen LogP contribution >= 0.6 is 0 Å². The minimum absolute atomic E-state index is 0.707. The van der Waals surface area contributed by atoms with Crippen molar-refractivity contribution in [2.24, 2.45) is 5.92 Å². The van der Waals surface area contributed by atoms with Gasteiger partial charge in [-0.3, -0.25) is 0 Å². The van der Waals surface area contributed by atoms with Gasteiger partial charge in [0, 0.05) is 0 Å². The van der Waals surface area contributed by atoms with Crippen molar-refractivity contribution in [2.45, 2.75) is 39.2 Å². The van der Waals surface area contributed by atoms with Crippen molar-refractivity contribution in [2.75, 3.05) is 0 Å². The number of hydrogen-bond acceptors (Lipinski definition) is 1. The molecule has 0 spiro atoms. The highest BCUT2D eigenvalue weighted by atomic mass is 16.3. The smallest absolute Gasteiger partial charge is 0.0840 e. The molecule has 2 rings (SSSR count). The largest absolute Gasteiger partial charge is 0.386 e. The fraction of sp³-hybridized carbons (Fsp3) is 0.538. The molecule has 0 bridgehead atoms. The Morgan fingerprint density at radius 3 is 2.50 bits per heavy atom. The molecule has 1 aromatic rings. The molecule has 1 N–H and O–H groups in total. The van der Waals surface area contributed by atoms with E-state index in [4.69, 9.17) is 0 Å². The molecule has 0 saturated heterocycles. The van der Waals surface area contributed by atoms with Crippen molar-refractivity contribution >= 4 is 0 Å². The summed E-state index contributed by atoms with van der Waals surface area (Å²) in [6.07, 6.45) is 2.36. The van der Waals surface area contributed by atoms with Crippen molar-refractivity contribution in [3.05, 3.63) is 34.9 Å². The zero-order valence-electron chi connectivity index (χ0n) is 9.17. The van der Waals surface area contributed by atoms with Crippen molar-refractivity contribution in [1.29, 1.82) is 0 Å². The van der Waals surface area contributed by atoms with Gasteiger partial charge in [0.25, 0.3) is 0 Å². The van der Waals surface area contributed by atoms with E-state index in [0.29, 0.717) is 0 Å². The molecule has 1 atom stereocenters. The second kappa shape index (κ2) is 3.09. The molecular weight excluding hydrogens is 172 g/mol. The Hall–Kier alpha value is -0.820. The van der Waals surface area contributed by atoms with E-state index in [1.807, 2.05) is 13.8 Å². The predicted molar refractivity (Wildman–Crippen MR) is 58.3 cm³/mol. The molecule has 1 aliphatic carbocycles. The Labute approximate surface area is 85.8 Å². The van der Waals surface area contributed by atoms with Gasteiger partial charge >= 0.3 is 0 Å². The number of rotatable bonds is 1. The molecule has 1 nitrogen and oxygen atoms in total. The van der Waals surface area contributed by atoms with Gasteiger partial charge in [0.2, 0.25) is 0 Å². The maximum absolute atomic E-state index is 9.89. The molecule has 0 saturated carbocycles. The third kappa shape index (κ3) is 1.69. The summed E-state index contributed by atoms with van der Waals surface area (Å²) >= 11 is 0. The van der Waals surface area contributed by atoms with Gasteiger partial charge in [0.05, 0.1) is 5.60 Å². The van der Waals surface area contributed by atoms with Crippen LogP contribution in [0.15, 0.2) is 18.2 Å². The minimum atomic E-state index is -0.707. The summed E-state index contributed by atoms with van der Waals surface area (Å²) in [5.74, 6) is 0.766. The van der Waals surface area contributed by atoms with Crippen LogP contribution in [0.5, 0.6) is 0 Å². The van der Waals surface area contributed by atoms with Crippen molar-refractivity contribution in [3.63, 3.8) is 0 Å². The monoisotopic (exact) mass is 190 g/mol. The summed E-state index contributed by atoms with van der Waals surface area (Å²) in [4.78, 5) is 0. The number of benzene rings is 1.